The lowest BCUT2D eigenvalue weighted by Crippen LogP contribution is -2.23. The van der Waals surface area contributed by atoms with E-state index >= 15 is 0 Å². The maximum atomic E-state index is 13.5. The molecule has 0 saturated carbocycles. The van der Waals surface area contributed by atoms with Crippen LogP contribution in [0, 0.1) is 5.82 Å². The second-order valence-corrected chi connectivity index (χ2v) is 7.65. The summed E-state index contributed by atoms with van der Waals surface area (Å²) in [6.07, 6.45) is 3.19. The molecule has 0 spiro atoms. The van der Waals surface area contributed by atoms with Gasteiger partial charge in [0.05, 0.1) is 19.1 Å². The van der Waals surface area contributed by atoms with Gasteiger partial charge in [0.15, 0.2) is 0 Å². The Labute approximate surface area is 163 Å². The number of nitrogens with zero attached hydrogens (tertiary/aromatic N) is 1. The number of ether oxygens (including phenoxy) is 2. The Kier molecular flexibility index (Phi) is 5.91. The largest absolute Gasteiger partial charge is 0.496 e. The second-order valence-electron chi connectivity index (χ2n) is 5.89. The zero-order valence-corrected chi connectivity index (χ0v) is 16.2. The van der Waals surface area contributed by atoms with Gasteiger partial charge >= 0.3 is 0 Å². The van der Waals surface area contributed by atoms with Crippen molar-refractivity contribution in [2.45, 2.75) is 11.4 Å². The molecule has 28 heavy (non-hydrogen) atoms. The van der Waals surface area contributed by atoms with Crippen LogP contribution in [0.5, 0.6) is 11.5 Å². The average molecular weight is 402 g/mol. The van der Waals surface area contributed by atoms with E-state index in [-0.39, 0.29) is 17.2 Å². The number of halogens is 1. The topological polar surface area (TPSA) is 77.5 Å². The van der Waals surface area contributed by atoms with Crippen LogP contribution in [0.1, 0.15) is 5.56 Å². The fraction of sp³-hybridized carbons (Fsp3) is 0.150. The molecule has 1 heterocycles. The number of sulfonamides is 1. The van der Waals surface area contributed by atoms with Crippen LogP contribution in [-0.2, 0) is 16.6 Å². The van der Waals surface area contributed by atoms with E-state index in [9.17, 15) is 12.8 Å². The molecular weight excluding hydrogens is 383 g/mol. The summed E-state index contributed by atoms with van der Waals surface area (Å²) >= 11 is 0. The van der Waals surface area contributed by atoms with E-state index in [0.717, 1.165) is 5.56 Å². The van der Waals surface area contributed by atoms with Gasteiger partial charge in [-0.2, -0.15) is 0 Å². The number of hydrogen-bond donors (Lipinski definition) is 1. The smallest absolute Gasteiger partial charge is 0.240 e. The lowest BCUT2D eigenvalue weighted by Gasteiger charge is -2.14. The molecule has 0 unspecified atom stereocenters. The van der Waals surface area contributed by atoms with Crippen LogP contribution >= 0.6 is 0 Å². The van der Waals surface area contributed by atoms with E-state index in [0.29, 0.717) is 16.9 Å². The Bertz CT molecular complexity index is 1070. The van der Waals surface area contributed by atoms with Crippen molar-refractivity contribution < 1.29 is 22.3 Å². The Balaban J connectivity index is 1.99. The highest BCUT2D eigenvalue weighted by Gasteiger charge is 2.19. The van der Waals surface area contributed by atoms with Gasteiger partial charge in [-0.25, -0.2) is 17.5 Å². The van der Waals surface area contributed by atoms with Crippen LogP contribution in [-0.4, -0.2) is 27.6 Å². The first-order chi connectivity index (χ1) is 13.4. The predicted molar refractivity (Wildman–Crippen MR) is 103 cm³/mol. The molecule has 3 aromatic rings. The van der Waals surface area contributed by atoms with Crippen LogP contribution in [0.15, 0.2) is 65.8 Å². The van der Waals surface area contributed by atoms with Gasteiger partial charge in [0, 0.05) is 36.1 Å². The van der Waals surface area contributed by atoms with Crippen LogP contribution in [0.2, 0.25) is 0 Å². The third kappa shape index (κ3) is 4.29. The van der Waals surface area contributed by atoms with Gasteiger partial charge in [-0.1, -0.05) is 0 Å². The summed E-state index contributed by atoms with van der Waals surface area (Å²) < 4.78 is 52.2. The van der Waals surface area contributed by atoms with Gasteiger partial charge < -0.3 is 9.47 Å². The standard InChI is InChI=1S/C20H19FN2O4S/c1-26-19-6-4-16(28(24,25)23-13-14-7-9-22-10-8-14)12-18(19)17-5-3-15(21)11-20(17)27-2/h3-12,23H,13H2,1-2H3. The maximum Gasteiger partial charge on any atom is 0.240 e. The first-order valence-corrected chi connectivity index (χ1v) is 9.83. The summed E-state index contributed by atoms with van der Waals surface area (Å²) in [4.78, 5) is 3.96. The third-order valence-corrected chi connectivity index (χ3v) is 5.55. The number of methoxy groups -OCH3 is 2. The molecule has 0 aliphatic heterocycles. The van der Waals surface area contributed by atoms with Crippen LogP contribution in [0.3, 0.4) is 0 Å². The van der Waals surface area contributed by atoms with Crippen molar-refractivity contribution in [1.29, 1.82) is 0 Å². The van der Waals surface area contributed by atoms with E-state index in [4.69, 9.17) is 9.47 Å². The molecular formula is C20H19FN2O4S. The molecule has 0 aliphatic rings. The number of hydrogen-bond acceptors (Lipinski definition) is 5. The summed E-state index contributed by atoms with van der Waals surface area (Å²) in [5.74, 6) is 0.262. The van der Waals surface area contributed by atoms with Gasteiger partial charge in [0.2, 0.25) is 10.0 Å². The Morgan fingerprint density at radius 3 is 2.32 bits per heavy atom. The zero-order chi connectivity index (χ0) is 20.1. The predicted octanol–water partition coefficient (Wildman–Crippen LogP) is 3.38. The maximum absolute atomic E-state index is 13.5. The molecule has 1 N–H and O–H groups in total. The highest BCUT2D eigenvalue weighted by molar-refractivity contribution is 7.89. The van der Waals surface area contributed by atoms with Crippen LogP contribution < -0.4 is 14.2 Å². The summed E-state index contributed by atoms with van der Waals surface area (Å²) in [5, 5.41) is 0. The highest BCUT2D eigenvalue weighted by atomic mass is 32.2. The molecule has 1 aromatic heterocycles. The van der Waals surface area contributed by atoms with Gasteiger partial charge in [0.1, 0.15) is 17.3 Å². The monoisotopic (exact) mass is 402 g/mol. The van der Waals surface area contributed by atoms with E-state index in [1.807, 2.05) is 0 Å². The van der Waals surface area contributed by atoms with E-state index in [2.05, 4.69) is 9.71 Å². The average Bonchev–Trinajstić information content (AvgIpc) is 2.72. The summed E-state index contributed by atoms with van der Waals surface area (Å²) in [6, 6.07) is 12.0. The van der Waals surface area contributed by atoms with E-state index < -0.39 is 15.8 Å². The van der Waals surface area contributed by atoms with Crippen molar-refractivity contribution in [3.8, 4) is 22.6 Å². The summed E-state index contributed by atoms with van der Waals surface area (Å²) in [5.41, 5.74) is 1.78. The van der Waals surface area contributed by atoms with Crippen molar-refractivity contribution in [3.63, 3.8) is 0 Å². The quantitative estimate of drug-likeness (QED) is 0.656. The lowest BCUT2D eigenvalue weighted by atomic mass is 10.0. The first kappa shape index (κ1) is 19.8. The van der Waals surface area contributed by atoms with Crippen molar-refractivity contribution in [1.82, 2.24) is 9.71 Å². The molecule has 3 rings (SSSR count). The second kappa shape index (κ2) is 8.37. The highest BCUT2D eigenvalue weighted by Crippen LogP contribution is 2.38. The Hall–Kier alpha value is -2.97. The van der Waals surface area contributed by atoms with Crippen molar-refractivity contribution in [2.24, 2.45) is 0 Å². The molecule has 0 amide bonds. The molecule has 0 radical (unpaired) electrons. The lowest BCUT2D eigenvalue weighted by molar-refractivity contribution is 0.408. The van der Waals surface area contributed by atoms with Crippen LogP contribution in [0.25, 0.3) is 11.1 Å². The minimum Gasteiger partial charge on any atom is -0.496 e. The number of rotatable bonds is 7. The number of aromatic nitrogens is 1. The molecule has 8 heteroatoms. The van der Waals surface area contributed by atoms with Gasteiger partial charge in [-0.05, 0) is 48.0 Å². The number of benzene rings is 2. The third-order valence-electron chi connectivity index (χ3n) is 4.15. The van der Waals surface area contributed by atoms with Crippen LogP contribution in [0.4, 0.5) is 4.39 Å². The minimum absolute atomic E-state index is 0.0590. The molecule has 0 fully saturated rings. The van der Waals surface area contributed by atoms with Crippen molar-refractivity contribution >= 4 is 10.0 Å². The minimum atomic E-state index is -3.78. The zero-order valence-electron chi connectivity index (χ0n) is 15.3. The molecule has 2 aromatic carbocycles. The summed E-state index contributed by atoms with van der Waals surface area (Å²) in [7, 11) is -0.887. The molecule has 0 aliphatic carbocycles. The van der Waals surface area contributed by atoms with E-state index in [1.165, 1.54) is 44.6 Å². The number of pyridine rings is 1. The Morgan fingerprint density at radius 1 is 0.929 bits per heavy atom. The normalized spacial score (nSPS) is 11.2. The van der Waals surface area contributed by atoms with Gasteiger partial charge in [-0.3, -0.25) is 4.98 Å². The number of nitrogens with one attached hydrogen (secondary N) is 1. The Morgan fingerprint density at radius 2 is 1.64 bits per heavy atom. The van der Waals surface area contributed by atoms with Crippen molar-refractivity contribution in [2.75, 3.05) is 14.2 Å². The molecule has 0 saturated heterocycles. The molecule has 146 valence electrons. The van der Waals surface area contributed by atoms with Gasteiger partial charge in [-0.15, -0.1) is 0 Å². The molecule has 0 atom stereocenters. The first-order valence-electron chi connectivity index (χ1n) is 8.35. The van der Waals surface area contributed by atoms with E-state index in [1.54, 1.807) is 30.6 Å². The fourth-order valence-corrected chi connectivity index (χ4v) is 3.76. The fourth-order valence-electron chi connectivity index (χ4n) is 2.71. The van der Waals surface area contributed by atoms with Crippen molar-refractivity contribution in [3.05, 3.63) is 72.3 Å². The SMILES string of the molecule is COc1cc(F)ccc1-c1cc(S(=O)(=O)NCc2ccncc2)ccc1OC. The molecule has 6 nitrogen and oxygen atoms in total. The molecule has 0 bridgehead atoms. The summed E-state index contributed by atoms with van der Waals surface area (Å²) in [6.45, 7) is 0.131. The van der Waals surface area contributed by atoms with Gasteiger partial charge in [0.25, 0.3) is 0 Å².